The van der Waals surface area contributed by atoms with Crippen molar-refractivity contribution >= 4 is 17.1 Å². The van der Waals surface area contributed by atoms with E-state index in [9.17, 15) is 4.79 Å². The number of likely N-dealkylation sites (N-methyl/N-ethyl adjacent to an activating group) is 1. The maximum Gasteiger partial charge on any atom is 0.410 e. The van der Waals surface area contributed by atoms with Crippen LogP contribution in [0.4, 0.5) is 4.79 Å². The number of para-hydroxylation sites is 1. The molecule has 1 aliphatic rings. The first kappa shape index (κ1) is 19.6. The van der Waals surface area contributed by atoms with Crippen LogP contribution in [0.15, 0.2) is 18.2 Å². The van der Waals surface area contributed by atoms with Crippen LogP contribution in [-0.2, 0) is 6.54 Å². The average Bonchev–Trinajstić information content (AvgIpc) is 3.00. The first-order valence-electron chi connectivity index (χ1n) is 9.83. The molecule has 1 unspecified atom stereocenters. The summed E-state index contributed by atoms with van der Waals surface area (Å²) in [5, 5.41) is 0. The van der Waals surface area contributed by atoms with Gasteiger partial charge in [-0.1, -0.05) is 13.0 Å². The van der Waals surface area contributed by atoms with Gasteiger partial charge in [-0.25, -0.2) is 9.78 Å². The molecule has 7 nitrogen and oxygen atoms in total. The Morgan fingerprint density at radius 2 is 2.19 bits per heavy atom. The van der Waals surface area contributed by atoms with E-state index < -0.39 is 6.09 Å². The fraction of sp³-hybridized carbons (Fsp3) is 0.600. The first-order chi connectivity index (χ1) is 13.0. The number of fused-ring (bicyclic) bond motifs is 1. The zero-order chi connectivity index (χ0) is 19.4. The fourth-order valence-electron chi connectivity index (χ4n) is 3.96. The molecule has 0 saturated carbocycles. The Bertz CT molecular complexity index is 784. The molecular formula is C20H31N5O2. The van der Waals surface area contributed by atoms with Crippen molar-refractivity contribution in [2.45, 2.75) is 38.6 Å². The van der Waals surface area contributed by atoms with Gasteiger partial charge in [0.15, 0.2) is 5.75 Å². The molecule has 1 aromatic carbocycles. The van der Waals surface area contributed by atoms with Crippen LogP contribution in [-0.4, -0.2) is 65.7 Å². The molecule has 0 radical (unpaired) electrons. The van der Waals surface area contributed by atoms with Gasteiger partial charge in [-0.05, 0) is 58.6 Å². The van der Waals surface area contributed by atoms with Crippen LogP contribution in [0.2, 0.25) is 0 Å². The van der Waals surface area contributed by atoms with Crippen molar-refractivity contribution in [3.05, 3.63) is 24.0 Å². The molecule has 1 saturated heterocycles. The largest absolute Gasteiger partial charge is 0.410 e. The van der Waals surface area contributed by atoms with Crippen LogP contribution in [0.3, 0.4) is 0 Å². The lowest BCUT2D eigenvalue weighted by Crippen LogP contribution is -2.36. The Hall–Kier alpha value is -2.12. The Morgan fingerprint density at radius 1 is 1.37 bits per heavy atom. The average molecular weight is 374 g/mol. The van der Waals surface area contributed by atoms with Crippen LogP contribution in [0.5, 0.6) is 5.75 Å². The quantitative estimate of drug-likeness (QED) is 0.807. The lowest BCUT2D eigenvalue weighted by atomic mass is 9.97. The molecule has 1 aliphatic heterocycles. The number of hydrogen-bond donors (Lipinski definition) is 1. The fourth-order valence-corrected chi connectivity index (χ4v) is 3.96. The van der Waals surface area contributed by atoms with Crippen molar-refractivity contribution < 1.29 is 9.53 Å². The van der Waals surface area contributed by atoms with Crippen LogP contribution in [0, 0.1) is 0 Å². The third-order valence-corrected chi connectivity index (χ3v) is 5.16. The molecule has 3 rings (SSSR count). The number of carbonyl (C=O) groups is 1. The number of amides is 1. The Kier molecular flexibility index (Phi) is 6.34. The van der Waals surface area contributed by atoms with Crippen molar-refractivity contribution in [1.29, 1.82) is 0 Å². The summed E-state index contributed by atoms with van der Waals surface area (Å²) in [6.45, 7) is 7.32. The number of nitrogens with two attached hydrogens (primary N) is 1. The molecule has 7 heteroatoms. The third kappa shape index (κ3) is 4.59. The number of ether oxygens (including phenoxy) is 1. The first-order valence-corrected chi connectivity index (χ1v) is 9.83. The van der Waals surface area contributed by atoms with Gasteiger partial charge in [-0.15, -0.1) is 0 Å². The highest BCUT2D eigenvalue weighted by molar-refractivity contribution is 5.85. The van der Waals surface area contributed by atoms with Gasteiger partial charge < -0.3 is 24.8 Å². The topological polar surface area (TPSA) is 76.6 Å². The Morgan fingerprint density at radius 3 is 2.89 bits per heavy atom. The number of likely N-dealkylation sites (tertiary alicyclic amines) is 1. The molecule has 27 heavy (non-hydrogen) atoms. The van der Waals surface area contributed by atoms with Crippen LogP contribution < -0.4 is 10.5 Å². The second-order valence-corrected chi connectivity index (χ2v) is 7.61. The summed E-state index contributed by atoms with van der Waals surface area (Å²) in [4.78, 5) is 20.9. The zero-order valence-corrected chi connectivity index (χ0v) is 16.6. The molecule has 1 atom stereocenters. The second-order valence-electron chi connectivity index (χ2n) is 7.61. The molecule has 148 valence electrons. The summed E-state index contributed by atoms with van der Waals surface area (Å²) >= 11 is 0. The van der Waals surface area contributed by atoms with Gasteiger partial charge in [-0.2, -0.15) is 0 Å². The van der Waals surface area contributed by atoms with E-state index in [1.807, 2.05) is 12.1 Å². The standard InChI is InChI=1S/C20H31N5O2/c1-4-10-24-11-6-7-15(14-24)19-22-18-16(25(19)13-12-23(2)3)8-5-9-17(18)27-20(21)26/h5,8-9,15H,4,6-7,10-14H2,1-3H3,(H2,21,26). The highest BCUT2D eigenvalue weighted by Crippen LogP contribution is 2.32. The molecule has 2 heterocycles. The van der Waals surface area contributed by atoms with Crippen LogP contribution in [0.1, 0.15) is 37.9 Å². The van der Waals surface area contributed by atoms with Crippen molar-refractivity contribution in [1.82, 2.24) is 19.4 Å². The van der Waals surface area contributed by atoms with Crippen molar-refractivity contribution in [3.8, 4) is 5.75 Å². The molecule has 0 spiro atoms. The SMILES string of the molecule is CCCN1CCCC(c2nc3c(OC(N)=O)cccc3n2CCN(C)C)C1. The minimum atomic E-state index is -0.807. The van der Waals surface area contributed by atoms with Gasteiger partial charge in [0.1, 0.15) is 11.3 Å². The number of benzene rings is 1. The summed E-state index contributed by atoms with van der Waals surface area (Å²) in [6.07, 6.45) is 2.68. The van der Waals surface area contributed by atoms with Crippen molar-refractivity contribution in [2.75, 3.05) is 40.3 Å². The normalized spacial score (nSPS) is 18.3. The maximum atomic E-state index is 11.3. The molecule has 1 fully saturated rings. The smallest absolute Gasteiger partial charge is 0.408 e. The summed E-state index contributed by atoms with van der Waals surface area (Å²) in [7, 11) is 4.15. The number of carbonyl (C=O) groups excluding carboxylic acids is 1. The molecule has 0 bridgehead atoms. The monoisotopic (exact) mass is 373 g/mol. The van der Waals surface area contributed by atoms with E-state index in [4.69, 9.17) is 15.5 Å². The second kappa shape index (κ2) is 8.71. The van der Waals surface area contributed by atoms with Crippen molar-refractivity contribution in [3.63, 3.8) is 0 Å². The van der Waals surface area contributed by atoms with Crippen molar-refractivity contribution in [2.24, 2.45) is 5.73 Å². The lowest BCUT2D eigenvalue weighted by Gasteiger charge is -2.32. The number of nitrogens with zero attached hydrogens (tertiary/aromatic N) is 4. The predicted octanol–water partition coefficient (Wildman–Crippen LogP) is 2.64. The van der Waals surface area contributed by atoms with E-state index in [0.717, 1.165) is 56.0 Å². The number of rotatable bonds is 7. The predicted molar refractivity (Wildman–Crippen MR) is 107 cm³/mol. The molecule has 2 aromatic rings. The zero-order valence-electron chi connectivity index (χ0n) is 16.6. The summed E-state index contributed by atoms with van der Waals surface area (Å²) in [5.41, 5.74) is 6.96. The van der Waals surface area contributed by atoms with Gasteiger partial charge >= 0.3 is 6.09 Å². The van der Waals surface area contributed by atoms with E-state index in [-0.39, 0.29) is 0 Å². The molecule has 1 aromatic heterocycles. The molecule has 2 N–H and O–H groups in total. The van der Waals surface area contributed by atoms with Gasteiger partial charge in [0.2, 0.25) is 0 Å². The highest BCUT2D eigenvalue weighted by Gasteiger charge is 2.27. The maximum absolute atomic E-state index is 11.3. The minimum absolute atomic E-state index is 0.390. The Labute approximate surface area is 161 Å². The molecule has 0 aliphatic carbocycles. The lowest BCUT2D eigenvalue weighted by molar-refractivity contribution is 0.202. The van der Waals surface area contributed by atoms with Crippen LogP contribution in [0.25, 0.3) is 11.0 Å². The molecular weight excluding hydrogens is 342 g/mol. The Balaban J connectivity index is 2.01. The van der Waals surface area contributed by atoms with Gasteiger partial charge in [0, 0.05) is 25.6 Å². The minimum Gasteiger partial charge on any atom is -0.408 e. The van der Waals surface area contributed by atoms with Crippen LogP contribution >= 0.6 is 0 Å². The highest BCUT2D eigenvalue weighted by atomic mass is 16.5. The summed E-state index contributed by atoms with van der Waals surface area (Å²) in [6, 6.07) is 5.69. The van der Waals surface area contributed by atoms with Gasteiger partial charge in [0.05, 0.1) is 5.52 Å². The van der Waals surface area contributed by atoms with E-state index in [0.29, 0.717) is 11.7 Å². The third-order valence-electron chi connectivity index (χ3n) is 5.16. The van der Waals surface area contributed by atoms with Gasteiger partial charge in [-0.3, -0.25) is 0 Å². The van der Waals surface area contributed by atoms with E-state index in [1.54, 1.807) is 6.07 Å². The van der Waals surface area contributed by atoms with E-state index >= 15 is 0 Å². The summed E-state index contributed by atoms with van der Waals surface area (Å²) < 4.78 is 7.51. The summed E-state index contributed by atoms with van der Waals surface area (Å²) in [5.74, 6) is 1.92. The number of aromatic nitrogens is 2. The van der Waals surface area contributed by atoms with Gasteiger partial charge in [0.25, 0.3) is 0 Å². The number of piperidine rings is 1. The number of primary amides is 1. The number of hydrogen-bond acceptors (Lipinski definition) is 5. The number of imidazole rings is 1. The van der Waals surface area contributed by atoms with E-state index in [2.05, 4.69) is 35.4 Å². The van der Waals surface area contributed by atoms with E-state index in [1.165, 1.54) is 12.8 Å². The molecule has 1 amide bonds.